The van der Waals surface area contributed by atoms with Gasteiger partial charge < -0.3 is 9.47 Å². The predicted octanol–water partition coefficient (Wildman–Crippen LogP) is 2.67. The van der Waals surface area contributed by atoms with Crippen LogP contribution in [0.25, 0.3) is 6.08 Å². The minimum absolute atomic E-state index is 0.0154. The zero-order valence-corrected chi connectivity index (χ0v) is 19.2. The molecule has 4 rings (SSSR count). The van der Waals surface area contributed by atoms with Gasteiger partial charge in [0.15, 0.2) is 17.3 Å². The summed E-state index contributed by atoms with van der Waals surface area (Å²) in [5.74, 6) is -2.62. The minimum Gasteiger partial charge on any atom is -0.493 e. The molecule has 0 spiro atoms. The summed E-state index contributed by atoms with van der Waals surface area (Å²) in [5, 5.41) is 13.1. The molecular weight excluding hydrogens is 487 g/mol. The lowest BCUT2D eigenvalue weighted by atomic mass is 10.1. The Labute approximate surface area is 197 Å². The van der Waals surface area contributed by atoms with Gasteiger partial charge in [-0.25, -0.2) is 17.6 Å². The number of esters is 1. The van der Waals surface area contributed by atoms with Gasteiger partial charge in [-0.2, -0.15) is 10.0 Å². The van der Waals surface area contributed by atoms with Crippen LogP contribution in [0.15, 0.2) is 58.1 Å². The fraction of sp³-hybridized carbons (Fsp3) is 0.0952. The maximum Gasteiger partial charge on any atom is 0.346 e. The van der Waals surface area contributed by atoms with Crippen LogP contribution in [0.4, 0.5) is 4.39 Å². The van der Waals surface area contributed by atoms with E-state index in [2.05, 4.69) is 10.1 Å². The molecule has 2 aliphatic rings. The monoisotopic (exact) mass is 502 g/mol. The van der Waals surface area contributed by atoms with Crippen LogP contribution in [0.5, 0.6) is 11.5 Å². The van der Waals surface area contributed by atoms with Crippen LogP contribution in [0.2, 0.25) is 0 Å². The first kappa shape index (κ1) is 23.3. The number of aliphatic imine (C=N–C) groups is 1. The van der Waals surface area contributed by atoms with Crippen molar-refractivity contribution in [3.63, 3.8) is 0 Å². The summed E-state index contributed by atoms with van der Waals surface area (Å²) in [5.41, 5.74) is 0.0117. The van der Waals surface area contributed by atoms with Crippen molar-refractivity contribution >= 4 is 54.9 Å². The fourth-order valence-electron chi connectivity index (χ4n) is 2.93. The number of hydrogen-bond donors (Lipinski definition) is 1. The van der Waals surface area contributed by atoms with Crippen LogP contribution in [0, 0.1) is 11.2 Å². The summed E-state index contributed by atoms with van der Waals surface area (Å²) in [6.07, 6.45) is 2.31. The standard InChI is InChI=1S/C21H15FN4O6S2/c1-31-16-10-11(7-8-15(16)32-19(28)12-5-3-4-6-14(12)22)9-13-17(23)26-20(24-18(13)27)33-21(25-26)34(2,29)30/h3-10,23H,1-2H3/b13-9-,23-17?. The Kier molecular flexibility index (Phi) is 6.06. The van der Waals surface area contributed by atoms with E-state index >= 15 is 0 Å². The molecule has 0 aromatic heterocycles. The van der Waals surface area contributed by atoms with Crippen molar-refractivity contribution in [1.82, 2.24) is 5.01 Å². The van der Waals surface area contributed by atoms with Crippen LogP contribution in [-0.2, 0) is 14.6 Å². The Hall–Kier alpha value is -3.84. The molecule has 10 nitrogen and oxygen atoms in total. The van der Waals surface area contributed by atoms with Gasteiger partial charge in [0.1, 0.15) is 5.82 Å². The summed E-state index contributed by atoms with van der Waals surface area (Å²) in [6, 6.07) is 9.69. The van der Waals surface area contributed by atoms with E-state index in [1.165, 1.54) is 49.6 Å². The molecule has 0 saturated carbocycles. The Balaban J connectivity index is 1.62. The zero-order valence-electron chi connectivity index (χ0n) is 17.6. The van der Waals surface area contributed by atoms with E-state index in [9.17, 15) is 22.4 Å². The van der Waals surface area contributed by atoms with Crippen molar-refractivity contribution in [2.45, 2.75) is 0 Å². The highest BCUT2D eigenvalue weighted by Gasteiger charge is 2.38. The largest absolute Gasteiger partial charge is 0.493 e. The van der Waals surface area contributed by atoms with E-state index < -0.39 is 27.5 Å². The second-order valence-corrected chi connectivity index (χ2v) is 10.1. The number of methoxy groups -OCH3 is 1. The Morgan fingerprint density at radius 1 is 1.21 bits per heavy atom. The second-order valence-electron chi connectivity index (χ2n) is 6.94. The number of ether oxygens (including phenoxy) is 2. The molecule has 2 aromatic carbocycles. The Morgan fingerprint density at radius 2 is 1.94 bits per heavy atom. The molecule has 2 heterocycles. The number of rotatable bonds is 4. The molecule has 0 unspecified atom stereocenters. The Morgan fingerprint density at radius 3 is 2.62 bits per heavy atom. The number of carbonyl (C=O) groups excluding carboxylic acids is 2. The first-order chi connectivity index (χ1) is 16.1. The highest BCUT2D eigenvalue weighted by molar-refractivity contribution is 8.42. The number of fused-ring (bicyclic) bond motifs is 1. The van der Waals surface area contributed by atoms with Gasteiger partial charge in [0.2, 0.25) is 19.4 Å². The van der Waals surface area contributed by atoms with Crippen LogP contribution in [-0.4, -0.2) is 54.0 Å². The van der Waals surface area contributed by atoms with Crippen molar-refractivity contribution in [2.75, 3.05) is 13.4 Å². The average Bonchev–Trinajstić information content (AvgIpc) is 3.22. The number of hydrogen-bond acceptors (Lipinski definition) is 9. The van der Waals surface area contributed by atoms with Crippen molar-refractivity contribution in [3.8, 4) is 11.5 Å². The summed E-state index contributed by atoms with van der Waals surface area (Å²) in [6.45, 7) is 0. The van der Waals surface area contributed by atoms with E-state index in [-0.39, 0.29) is 38.0 Å². The van der Waals surface area contributed by atoms with E-state index in [1.807, 2.05) is 0 Å². The highest BCUT2D eigenvalue weighted by Crippen LogP contribution is 2.32. The van der Waals surface area contributed by atoms with Gasteiger partial charge in [0, 0.05) is 6.26 Å². The number of carbonyl (C=O) groups is 2. The maximum atomic E-state index is 13.9. The van der Waals surface area contributed by atoms with Crippen molar-refractivity contribution in [1.29, 1.82) is 5.41 Å². The topological polar surface area (TPSA) is 139 Å². The quantitative estimate of drug-likeness (QED) is 0.383. The zero-order chi connectivity index (χ0) is 24.6. The molecule has 0 bridgehead atoms. The fourth-order valence-corrected chi connectivity index (χ4v) is 4.62. The lowest BCUT2D eigenvalue weighted by Gasteiger charge is -2.20. The van der Waals surface area contributed by atoms with Crippen LogP contribution < -0.4 is 9.47 Å². The SMILES string of the molecule is COc1cc(/C=C2/C(=N)N3N=C(S(C)(=O)=O)SC3=NC2=O)ccc1OC(=O)c1ccccc1F. The third-order valence-corrected chi connectivity index (χ3v) is 7.13. The molecular formula is C21H15FN4O6S2. The van der Waals surface area contributed by atoms with E-state index in [4.69, 9.17) is 14.9 Å². The van der Waals surface area contributed by atoms with Crippen LogP contribution in [0.1, 0.15) is 15.9 Å². The number of halogens is 1. The number of hydrazone groups is 1. The van der Waals surface area contributed by atoms with Crippen molar-refractivity contribution in [3.05, 3.63) is 65.0 Å². The number of nitrogens with zero attached hydrogens (tertiary/aromatic N) is 3. The number of thioether (sulfide) groups is 1. The number of amides is 1. The second kappa shape index (κ2) is 8.83. The number of amidine groups is 2. The van der Waals surface area contributed by atoms with Gasteiger partial charge in [-0.05, 0) is 47.7 Å². The molecule has 2 aromatic rings. The average molecular weight is 503 g/mol. The molecule has 1 amide bonds. The molecule has 13 heteroatoms. The van der Waals surface area contributed by atoms with Gasteiger partial charge in [0.05, 0.1) is 18.2 Å². The van der Waals surface area contributed by atoms with Gasteiger partial charge in [-0.3, -0.25) is 10.2 Å². The predicted molar refractivity (Wildman–Crippen MR) is 124 cm³/mol. The molecule has 34 heavy (non-hydrogen) atoms. The molecule has 0 fully saturated rings. The smallest absolute Gasteiger partial charge is 0.346 e. The Bertz CT molecular complexity index is 1450. The van der Waals surface area contributed by atoms with Crippen LogP contribution >= 0.6 is 11.8 Å². The molecule has 1 N–H and O–H groups in total. The molecule has 0 saturated heterocycles. The molecule has 2 aliphatic heterocycles. The van der Waals surface area contributed by atoms with Crippen molar-refractivity contribution < 1.29 is 31.9 Å². The number of nitrogens with one attached hydrogen (secondary N) is 1. The summed E-state index contributed by atoms with van der Waals surface area (Å²) < 4.78 is 47.6. The summed E-state index contributed by atoms with van der Waals surface area (Å²) in [4.78, 5) is 28.6. The van der Waals surface area contributed by atoms with E-state index in [0.29, 0.717) is 17.3 Å². The maximum absolute atomic E-state index is 13.9. The first-order valence-electron chi connectivity index (χ1n) is 9.43. The van der Waals surface area contributed by atoms with Gasteiger partial charge in [0.25, 0.3) is 5.91 Å². The lowest BCUT2D eigenvalue weighted by molar-refractivity contribution is -0.114. The van der Waals surface area contributed by atoms with Crippen LogP contribution in [0.3, 0.4) is 0 Å². The number of benzene rings is 2. The summed E-state index contributed by atoms with van der Waals surface area (Å²) in [7, 11) is -2.31. The third kappa shape index (κ3) is 4.47. The first-order valence-corrected chi connectivity index (χ1v) is 12.1. The molecule has 174 valence electrons. The summed E-state index contributed by atoms with van der Waals surface area (Å²) >= 11 is 0.684. The normalized spacial score (nSPS) is 16.8. The molecule has 0 aliphatic carbocycles. The van der Waals surface area contributed by atoms with E-state index in [0.717, 1.165) is 17.3 Å². The van der Waals surface area contributed by atoms with E-state index in [1.54, 1.807) is 0 Å². The highest BCUT2D eigenvalue weighted by atomic mass is 32.3. The lowest BCUT2D eigenvalue weighted by Crippen LogP contribution is -2.35. The third-order valence-electron chi connectivity index (χ3n) is 4.55. The van der Waals surface area contributed by atoms with Gasteiger partial charge in [-0.15, -0.1) is 5.10 Å². The molecule has 0 atom stereocenters. The van der Waals surface area contributed by atoms with Gasteiger partial charge in [-0.1, -0.05) is 18.2 Å². The van der Waals surface area contributed by atoms with Gasteiger partial charge >= 0.3 is 5.97 Å². The minimum atomic E-state index is -3.64. The number of sulfone groups is 1. The molecule has 0 radical (unpaired) electrons. The van der Waals surface area contributed by atoms with Crippen molar-refractivity contribution in [2.24, 2.45) is 10.1 Å².